The Kier molecular flexibility index (Phi) is 5.67. The molecule has 0 aliphatic carbocycles. The second-order valence-corrected chi connectivity index (χ2v) is 9.01. The van der Waals surface area contributed by atoms with E-state index in [1.807, 2.05) is 17.0 Å². The van der Waals surface area contributed by atoms with Crippen LogP contribution in [0.3, 0.4) is 0 Å². The van der Waals surface area contributed by atoms with Gasteiger partial charge in [0.05, 0.1) is 19.3 Å². The number of hydrogen-bond donors (Lipinski definition) is 1. The van der Waals surface area contributed by atoms with Crippen molar-refractivity contribution in [2.24, 2.45) is 0 Å². The highest BCUT2D eigenvalue weighted by Gasteiger charge is 2.32. The molecule has 5 nitrogen and oxygen atoms in total. The molecule has 0 unspecified atom stereocenters. The maximum absolute atomic E-state index is 12.4. The zero-order valence-electron chi connectivity index (χ0n) is 15.9. The first-order chi connectivity index (χ1) is 12.8. The van der Waals surface area contributed by atoms with E-state index >= 15 is 0 Å². The lowest BCUT2D eigenvalue weighted by Crippen LogP contribution is -2.36. The normalized spacial score (nSPS) is 17.5. The molecule has 27 heavy (non-hydrogen) atoms. The molecular formula is C21H25NO4S. The molecule has 144 valence electrons. The number of benzene rings is 1. The van der Waals surface area contributed by atoms with Crippen LogP contribution in [0.4, 0.5) is 5.69 Å². The average Bonchev–Trinajstić information content (AvgIpc) is 3.22. The average molecular weight is 388 g/mol. The van der Waals surface area contributed by atoms with Gasteiger partial charge in [0.25, 0.3) is 0 Å². The first kappa shape index (κ1) is 19.6. The Morgan fingerprint density at radius 2 is 1.93 bits per heavy atom. The lowest BCUT2D eigenvalue weighted by molar-refractivity contribution is -0.117. The SMILES string of the molecule is CC(C)(C)c1ccc(N2C(=O)CC[C@@H]2COCc2ccc(C(=O)O)s2)cc1. The summed E-state index contributed by atoms with van der Waals surface area (Å²) in [4.78, 5) is 26.4. The van der Waals surface area contributed by atoms with E-state index in [0.717, 1.165) is 17.0 Å². The van der Waals surface area contributed by atoms with Gasteiger partial charge in [-0.3, -0.25) is 4.79 Å². The monoisotopic (exact) mass is 387 g/mol. The summed E-state index contributed by atoms with van der Waals surface area (Å²) < 4.78 is 5.80. The third kappa shape index (κ3) is 4.57. The predicted octanol–water partition coefficient (Wildman–Crippen LogP) is 4.46. The van der Waals surface area contributed by atoms with E-state index in [1.165, 1.54) is 16.9 Å². The van der Waals surface area contributed by atoms with Crippen LogP contribution in [0.1, 0.15) is 53.7 Å². The van der Waals surface area contributed by atoms with E-state index in [2.05, 4.69) is 32.9 Å². The maximum Gasteiger partial charge on any atom is 0.345 e. The van der Waals surface area contributed by atoms with Crippen molar-refractivity contribution in [1.82, 2.24) is 0 Å². The van der Waals surface area contributed by atoms with Crippen molar-refractivity contribution in [1.29, 1.82) is 0 Å². The molecule has 0 saturated carbocycles. The molecule has 6 heteroatoms. The first-order valence-electron chi connectivity index (χ1n) is 9.08. The van der Waals surface area contributed by atoms with Gasteiger partial charge in [0.2, 0.25) is 5.91 Å². The van der Waals surface area contributed by atoms with Crippen molar-refractivity contribution in [2.75, 3.05) is 11.5 Å². The fraction of sp³-hybridized carbons (Fsp3) is 0.429. The van der Waals surface area contributed by atoms with Gasteiger partial charge in [-0.1, -0.05) is 32.9 Å². The number of hydrogen-bond acceptors (Lipinski definition) is 4. The molecule has 2 aromatic rings. The zero-order chi connectivity index (χ0) is 19.6. The Balaban J connectivity index is 1.63. The summed E-state index contributed by atoms with van der Waals surface area (Å²) in [7, 11) is 0. The van der Waals surface area contributed by atoms with E-state index < -0.39 is 5.97 Å². The Bertz CT molecular complexity index is 819. The van der Waals surface area contributed by atoms with E-state index in [0.29, 0.717) is 24.5 Å². The smallest absolute Gasteiger partial charge is 0.345 e. The molecule has 1 aromatic heterocycles. The van der Waals surface area contributed by atoms with Crippen molar-refractivity contribution in [3.05, 3.63) is 51.7 Å². The fourth-order valence-electron chi connectivity index (χ4n) is 3.24. The van der Waals surface area contributed by atoms with Gasteiger partial charge < -0.3 is 14.7 Å². The molecule has 1 atom stereocenters. The molecule has 0 radical (unpaired) electrons. The summed E-state index contributed by atoms with van der Waals surface area (Å²) in [6.45, 7) is 7.30. The van der Waals surface area contributed by atoms with E-state index in [-0.39, 0.29) is 17.4 Å². The van der Waals surface area contributed by atoms with E-state index in [9.17, 15) is 9.59 Å². The number of carbonyl (C=O) groups is 2. The van der Waals surface area contributed by atoms with Crippen LogP contribution in [0.25, 0.3) is 0 Å². The number of ether oxygens (including phenoxy) is 1. The summed E-state index contributed by atoms with van der Waals surface area (Å²) in [6, 6.07) is 11.6. The topological polar surface area (TPSA) is 66.8 Å². The lowest BCUT2D eigenvalue weighted by Gasteiger charge is -2.26. The van der Waals surface area contributed by atoms with Crippen molar-refractivity contribution in [3.8, 4) is 0 Å². The number of anilines is 1. The quantitative estimate of drug-likeness (QED) is 0.795. The molecule has 1 N–H and O–H groups in total. The number of carbonyl (C=O) groups excluding carboxylic acids is 1. The highest BCUT2D eigenvalue weighted by Crippen LogP contribution is 2.30. The molecular weight excluding hydrogens is 362 g/mol. The first-order valence-corrected chi connectivity index (χ1v) is 9.90. The number of carboxylic acids is 1. The molecule has 1 saturated heterocycles. The predicted molar refractivity (Wildman–Crippen MR) is 107 cm³/mol. The maximum atomic E-state index is 12.4. The molecule has 3 rings (SSSR count). The lowest BCUT2D eigenvalue weighted by atomic mass is 9.87. The van der Waals surface area contributed by atoms with Crippen LogP contribution in [0.15, 0.2) is 36.4 Å². The van der Waals surface area contributed by atoms with Gasteiger partial charge in [-0.15, -0.1) is 11.3 Å². The summed E-state index contributed by atoms with van der Waals surface area (Å²) in [5.41, 5.74) is 2.21. The third-order valence-corrected chi connectivity index (χ3v) is 5.81. The van der Waals surface area contributed by atoms with Crippen molar-refractivity contribution >= 4 is 28.9 Å². The van der Waals surface area contributed by atoms with Gasteiger partial charge >= 0.3 is 5.97 Å². The summed E-state index contributed by atoms with van der Waals surface area (Å²) in [5, 5.41) is 8.98. The van der Waals surface area contributed by atoms with Gasteiger partial charge in [0.15, 0.2) is 0 Å². The fourth-order valence-corrected chi connectivity index (χ4v) is 4.03. The number of thiophene rings is 1. The van der Waals surface area contributed by atoms with Crippen LogP contribution in [-0.2, 0) is 21.6 Å². The molecule has 1 aromatic carbocycles. The molecule has 2 heterocycles. The van der Waals surface area contributed by atoms with Crippen molar-refractivity contribution < 1.29 is 19.4 Å². The van der Waals surface area contributed by atoms with Crippen molar-refractivity contribution in [2.45, 2.75) is 51.7 Å². The molecule has 1 aliphatic rings. The minimum Gasteiger partial charge on any atom is -0.477 e. The van der Waals surface area contributed by atoms with Gasteiger partial charge in [-0.05, 0) is 41.7 Å². The Hall–Kier alpha value is -2.18. The Morgan fingerprint density at radius 3 is 2.52 bits per heavy atom. The number of rotatable bonds is 6. The van der Waals surface area contributed by atoms with Crippen molar-refractivity contribution in [3.63, 3.8) is 0 Å². The second-order valence-electron chi connectivity index (χ2n) is 7.84. The van der Waals surface area contributed by atoms with Gasteiger partial charge in [-0.25, -0.2) is 4.79 Å². The van der Waals surface area contributed by atoms with Gasteiger partial charge in [0, 0.05) is 17.0 Å². The largest absolute Gasteiger partial charge is 0.477 e. The zero-order valence-corrected chi connectivity index (χ0v) is 16.7. The summed E-state index contributed by atoms with van der Waals surface area (Å²) >= 11 is 1.22. The van der Waals surface area contributed by atoms with Crippen LogP contribution in [0.5, 0.6) is 0 Å². The van der Waals surface area contributed by atoms with Crippen LogP contribution in [0.2, 0.25) is 0 Å². The highest BCUT2D eigenvalue weighted by molar-refractivity contribution is 7.13. The minimum absolute atomic E-state index is 0.0110. The van der Waals surface area contributed by atoms with Crippen LogP contribution in [-0.4, -0.2) is 29.6 Å². The Morgan fingerprint density at radius 1 is 1.22 bits per heavy atom. The van der Waals surface area contributed by atoms with Crippen LogP contribution >= 0.6 is 11.3 Å². The number of aromatic carboxylic acids is 1. The second kappa shape index (κ2) is 7.82. The van der Waals surface area contributed by atoms with E-state index in [1.54, 1.807) is 12.1 Å². The minimum atomic E-state index is -0.919. The summed E-state index contributed by atoms with van der Waals surface area (Å²) in [5.74, 6) is -0.797. The molecule has 1 amide bonds. The molecule has 1 aliphatic heterocycles. The van der Waals surface area contributed by atoms with Crippen LogP contribution in [0, 0.1) is 0 Å². The molecule has 1 fully saturated rings. The highest BCUT2D eigenvalue weighted by atomic mass is 32.1. The summed E-state index contributed by atoms with van der Waals surface area (Å²) in [6.07, 6.45) is 1.29. The third-order valence-electron chi connectivity index (χ3n) is 4.76. The number of nitrogens with zero attached hydrogens (tertiary/aromatic N) is 1. The van der Waals surface area contributed by atoms with Gasteiger partial charge in [-0.2, -0.15) is 0 Å². The van der Waals surface area contributed by atoms with Crippen LogP contribution < -0.4 is 4.90 Å². The van der Waals surface area contributed by atoms with Gasteiger partial charge in [0.1, 0.15) is 4.88 Å². The standard InChI is InChI=1S/C21H25NO4S/c1-21(2,3)14-4-6-15(7-5-14)22-16(8-11-19(22)23)12-26-13-17-9-10-18(27-17)20(24)25/h4-7,9-10,16H,8,11-13H2,1-3H3,(H,24,25)/t16-/m1/s1. The molecule has 0 spiro atoms. The number of carboxylic acid groups (broad SMARTS) is 1. The molecule has 0 bridgehead atoms. The number of amides is 1. The Labute approximate surface area is 163 Å². The van der Waals surface area contributed by atoms with E-state index in [4.69, 9.17) is 9.84 Å².